The number of aliphatic hydroxyl groups excluding tert-OH is 1. The van der Waals surface area contributed by atoms with Crippen LogP contribution in [0.3, 0.4) is 0 Å². The van der Waals surface area contributed by atoms with Crippen LogP contribution in [-0.2, 0) is 0 Å². The average Bonchev–Trinajstić information content (AvgIpc) is 2.44. The minimum absolute atomic E-state index is 0.218. The highest BCUT2D eigenvalue weighted by Crippen LogP contribution is 2.40. The lowest BCUT2D eigenvalue weighted by Gasteiger charge is -2.45. The number of likely N-dealkylation sites (tertiary alicyclic amines) is 1. The second-order valence-corrected chi connectivity index (χ2v) is 7.25. The Morgan fingerprint density at radius 1 is 1.16 bits per heavy atom. The monoisotopic (exact) mass is 267 g/mol. The summed E-state index contributed by atoms with van der Waals surface area (Å²) >= 11 is 0. The van der Waals surface area contributed by atoms with Gasteiger partial charge in [-0.1, -0.05) is 39.5 Å². The van der Waals surface area contributed by atoms with Gasteiger partial charge in [0.1, 0.15) is 0 Å². The van der Waals surface area contributed by atoms with Gasteiger partial charge in [-0.05, 0) is 44.6 Å². The first kappa shape index (κ1) is 15.3. The van der Waals surface area contributed by atoms with E-state index < -0.39 is 0 Å². The molecule has 1 aliphatic heterocycles. The molecule has 1 saturated heterocycles. The maximum Gasteiger partial charge on any atom is 0.0499 e. The molecule has 0 radical (unpaired) electrons. The zero-order valence-corrected chi connectivity index (χ0v) is 13.0. The van der Waals surface area contributed by atoms with Crippen LogP contribution in [-0.4, -0.2) is 35.7 Å². The summed E-state index contributed by atoms with van der Waals surface area (Å²) in [6, 6.07) is 0.793. The van der Waals surface area contributed by atoms with Gasteiger partial charge in [-0.25, -0.2) is 0 Å². The average molecular weight is 267 g/mol. The molecule has 0 aromatic carbocycles. The minimum atomic E-state index is 0.218. The molecule has 0 amide bonds. The van der Waals surface area contributed by atoms with Crippen LogP contribution in [0.5, 0.6) is 0 Å². The Hall–Kier alpha value is -0.0800. The van der Waals surface area contributed by atoms with Crippen molar-refractivity contribution in [3.05, 3.63) is 0 Å². The summed E-state index contributed by atoms with van der Waals surface area (Å²) in [7, 11) is 0. The van der Waals surface area contributed by atoms with Crippen molar-refractivity contribution in [3.8, 4) is 0 Å². The van der Waals surface area contributed by atoms with E-state index in [-0.39, 0.29) is 5.41 Å². The van der Waals surface area contributed by atoms with E-state index in [0.29, 0.717) is 6.61 Å². The maximum absolute atomic E-state index is 9.95. The van der Waals surface area contributed by atoms with Gasteiger partial charge in [-0.15, -0.1) is 0 Å². The molecule has 1 heterocycles. The molecule has 1 aliphatic carbocycles. The van der Waals surface area contributed by atoms with E-state index in [9.17, 15) is 5.11 Å². The van der Waals surface area contributed by atoms with Gasteiger partial charge in [-0.3, -0.25) is 4.90 Å². The molecule has 1 atom stereocenters. The van der Waals surface area contributed by atoms with E-state index in [1.807, 2.05) is 0 Å². The van der Waals surface area contributed by atoms with Gasteiger partial charge >= 0.3 is 0 Å². The smallest absolute Gasteiger partial charge is 0.0499 e. The molecule has 19 heavy (non-hydrogen) atoms. The number of hydrogen-bond acceptors (Lipinski definition) is 2. The molecule has 1 saturated carbocycles. The maximum atomic E-state index is 9.95. The summed E-state index contributed by atoms with van der Waals surface area (Å²) in [4.78, 5) is 2.72. The molecule has 0 bridgehead atoms. The van der Waals surface area contributed by atoms with Crippen molar-refractivity contribution >= 4 is 0 Å². The predicted molar refractivity (Wildman–Crippen MR) is 81.3 cm³/mol. The topological polar surface area (TPSA) is 23.5 Å². The lowest BCUT2D eigenvalue weighted by atomic mass is 9.70. The summed E-state index contributed by atoms with van der Waals surface area (Å²) < 4.78 is 0. The van der Waals surface area contributed by atoms with Gasteiger partial charge in [0.05, 0.1) is 0 Å². The second kappa shape index (κ2) is 7.08. The molecule has 2 nitrogen and oxygen atoms in total. The lowest BCUT2D eigenvalue weighted by Crippen LogP contribution is -2.48. The van der Waals surface area contributed by atoms with Gasteiger partial charge in [0.25, 0.3) is 0 Å². The normalized spacial score (nSPS) is 37.4. The molecule has 112 valence electrons. The third-order valence-corrected chi connectivity index (χ3v) is 5.58. The van der Waals surface area contributed by atoms with Gasteiger partial charge in [0.2, 0.25) is 0 Å². The molecule has 1 N–H and O–H groups in total. The van der Waals surface area contributed by atoms with Gasteiger partial charge in [0.15, 0.2) is 0 Å². The van der Waals surface area contributed by atoms with Crippen molar-refractivity contribution < 1.29 is 5.11 Å². The highest BCUT2D eigenvalue weighted by molar-refractivity contribution is 4.90. The van der Waals surface area contributed by atoms with Crippen LogP contribution in [0.2, 0.25) is 0 Å². The van der Waals surface area contributed by atoms with Crippen LogP contribution < -0.4 is 0 Å². The Labute approximate surface area is 119 Å². The fourth-order valence-corrected chi connectivity index (χ4v) is 4.10. The Bertz CT molecular complexity index is 256. The Morgan fingerprint density at radius 3 is 2.53 bits per heavy atom. The van der Waals surface area contributed by atoms with E-state index >= 15 is 0 Å². The Morgan fingerprint density at radius 2 is 1.89 bits per heavy atom. The van der Waals surface area contributed by atoms with Crippen LogP contribution >= 0.6 is 0 Å². The molecular weight excluding hydrogens is 234 g/mol. The van der Waals surface area contributed by atoms with E-state index in [1.54, 1.807) is 0 Å². The van der Waals surface area contributed by atoms with Crippen LogP contribution in [0, 0.1) is 11.3 Å². The number of rotatable bonds is 5. The van der Waals surface area contributed by atoms with Crippen LogP contribution in [0.4, 0.5) is 0 Å². The molecule has 2 aliphatic rings. The first-order valence-electron chi connectivity index (χ1n) is 8.54. The molecular formula is C17H33NO. The Kier molecular flexibility index (Phi) is 5.70. The molecule has 0 aromatic rings. The number of hydrogen-bond donors (Lipinski definition) is 1. The molecule has 2 fully saturated rings. The highest BCUT2D eigenvalue weighted by Gasteiger charge is 2.37. The van der Waals surface area contributed by atoms with Crippen LogP contribution in [0.1, 0.15) is 71.6 Å². The summed E-state index contributed by atoms with van der Waals surface area (Å²) in [6.45, 7) is 7.48. The number of piperidine rings is 1. The molecule has 1 unspecified atom stereocenters. The van der Waals surface area contributed by atoms with E-state index in [2.05, 4.69) is 18.7 Å². The summed E-state index contributed by atoms with van der Waals surface area (Å²) in [5, 5.41) is 9.95. The van der Waals surface area contributed by atoms with E-state index in [0.717, 1.165) is 18.5 Å². The fourth-order valence-electron chi connectivity index (χ4n) is 4.10. The van der Waals surface area contributed by atoms with Crippen molar-refractivity contribution in [3.63, 3.8) is 0 Å². The predicted octanol–water partition coefficient (Wildman–Crippen LogP) is 3.83. The zero-order valence-electron chi connectivity index (χ0n) is 13.0. The van der Waals surface area contributed by atoms with Crippen molar-refractivity contribution in [2.75, 3.05) is 19.7 Å². The minimum Gasteiger partial charge on any atom is -0.396 e. The third kappa shape index (κ3) is 3.95. The number of nitrogens with zero attached hydrogens (tertiary/aromatic N) is 1. The fraction of sp³-hybridized carbons (Fsp3) is 1.00. The quantitative estimate of drug-likeness (QED) is 0.818. The van der Waals surface area contributed by atoms with Gasteiger partial charge < -0.3 is 5.11 Å². The van der Waals surface area contributed by atoms with Crippen molar-refractivity contribution in [2.24, 2.45) is 11.3 Å². The van der Waals surface area contributed by atoms with E-state index in [4.69, 9.17) is 0 Å². The first-order chi connectivity index (χ1) is 9.19. The van der Waals surface area contributed by atoms with Gasteiger partial charge in [-0.2, -0.15) is 0 Å². The zero-order chi connectivity index (χ0) is 13.7. The highest BCUT2D eigenvalue weighted by atomic mass is 16.3. The van der Waals surface area contributed by atoms with E-state index in [1.165, 1.54) is 64.3 Å². The van der Waals surface area contributed by atoms with Crippen molar-refractivity contribution in [2.45, 2.75) is 77.7 Å². The first-order valence-corrected chi connectivity index (χ1v) is 8.54. The Balaban J connectivity index is 1.95. The van der Waals surface area contributed by atoms with Crippen LogP contribution in [0.25, 0.3) is 0 Å². The molecule has 2 rings (SSSR count). The molecule has 0 spiro atoms. The van der Waals surface area contributed by atoms with Crippen molar-refractivity contribution in [1.82, 2.24) is 4.90 Å². The third-order valence-electron chi connectivity index (χ3n) is 5.58. The van der Waals surface area contributed by atoms with Crippen LogP contribution in [0.15, 0.2) is 0 Å². The SMILES string of the molecule is CCCC1CCCCN1CC1(CO)CCC(C)CC1. The summed E-state index contributed by atoms with van der Waals surface area (Å²) in [5.41, 5.74) is 0.218. The summed E-state index contributed by atoms with van der Waals surface area (Å²) in [5.74, 6) is 0.868. The molecule has 0 aromatic heterocycles. The van der Waals surface area contributed by atoms with Crippen molar-refractivity contribution in [1.29, 1.82) is 0 Å². The second-order valence-electron chi connectivity index (χ2n) is 7.25. The summed E-state index contributed by atoms with van der Waals surface area (Å²) in [6.07, 6.45) is 11.9. The lowest BCUT2D eigenvalue weighted by molar-refractivity contribution is 0.00408. The number of aliphatic hydroxyl groups is 1. The van der Waals surface area contributed by atoms with Gasteiger partial charge in [0, 0.05) is 24.6 Å². The largest absolute Gasteiger partial charge is 0.396 e. The molecule has 2 heteroatoms. The standard InChI is InChI=1S/C17H33NO/c1-3-6-16-7-4-5-12-18(16)13-17(14-19)10-8-15(2)9-11-17/h15-16,19H,3-14H2,1-2H3.